The lowest BCUT2D eigenvalue weighted by atomic mass is 9.99. The minimum absolute atomic E-state index is 0.105. The van der Waals surface area contributed by atoms with Crippen LogP contribution in [0.1, 0.15) is 323 Å². The summed E-state index contributed by atoms with van der Waals surface area (Å²) < 4.78 is 17.6. The first-order valence-electron chi connectivity index (χ1n) is 34.4. The molecule has 11 nitrogen and oxygen atoms in total. The zero-order valence-corrected chi connectivity index (χ0v) is 52.7. The summed E-state index contributed by atoms with van der Waals surface area (Å²) in [5.74, 6) is -1.20. The Bertz CT molecular complexity index is 1500. The van der Waals surface area contributed by atoms with Gasteiger partial charge in [-0.3, -0.25) is 9.59 Å². The molecular formula is C70H129NO10. The van der Waals surface area contributed by atoms with Crippen LogP contribution in [0.5, 0.6) is 0 Å². The lowest BCUT2D eigenvalue weighted by Gasteiger charge is -2.41. The lowest BCUT2D eigenvalue weighted by Crippen LogP contribution is -2.61. The highest BCUT2D eigenvalue weighted by atomic mass is 16.7. The molecule has 1 rings (SSSR count). The van der Waals surface area contributed by atoms with Gasteiger partial charge in [-0.1, -0.05) is 281 Å². The molecule has 8 atom stereocenters. The normalized spacial score (nSPS) is 18.9. The molecule has 11 heteroatoms. The number of rotatable bonds is 59. The first kappa shape index (κ1) is 76.6. The van der Waals surface area contributed by atoms with Gasteiger partial charge in [0, 0.05) is 6.42 Å². The molecule has 0 bridgehead atoms. The van der Waals surface area contributed by atoms with E-state index in [1.807, 2.05) is 6.08 Å². The van der Waals surface area contributed by atoms with E-state index in [9.17, 15) is 35.1 Å². The molecular weight excluding hydrogens is 1010 g/mol. The lowest BCUT2D eigenvalue weighted by molar-refractivity contribution is -0.305. The Kier molecular flexibility index (Phi) is 54.9. The Morgan fingerprint density at radius 2 is 0.852 bits per heavy atom. The van der Waals surface area contributed by atoms with Crippen molar-refractivity contribution in [3.05, 3.63) is 48.6 Å². The molecule has 0 aromatic carbocycles. The monoisotopic (exact) mass is 1140 g/mol. The van der Waals surface area contributed by atoms with E-state index < -0.39 is 67.4 Å². The van der Waals surface area contributed by atoms with Crippen LogP contribution < -0.4 is 5.32 Å². The highest BCUT2D eigenvalue weighted by Crippen LogP contribution is 2.26. The highest BCUT2D eigenvalue weighted by Gasteiger charge is 2.47. The van der Waals surface area contributed by atoms with Crippen molar-refractivity contribution in [1.82, 2.24) is 5.32 Å². The minimum Gasteiger partial charge on any atom is -0.454 e. The number of unbranched alkanes of at least 4 members (excludes halogenated alkanes) is 39. The third-order valence-corrected chi connectivity index (χ3v) is 16.2. The number of carbonyl (C=O) groups is 2. The number of amides is 1. The molecule has 0 aromatic heterocycles. The Labute approximate surface area is 497 Å². The second-order valence-electron chi connectivity index (χ2n) is 23.9. The molecule has 474 valence electrons. The van der Waals surface area contributed by atoms with E-state index in [-0.39, 0.29) is 13.0 Å². The number of ether oxygens (including phenoxy) is 3. The molecule has 0 aromatic rings. The molecule has 1 aliphatic rings. The Balaban J connectivity index is 2.56. The predicted molar refractivity (Wildman–Crippen MR) is 338 cm³/mol. The van der Waals surface area contributed by atoms with E-state index in [0.717, 1.165) is 70.6 Å². The maximum atomic E-state index is 13.5. The van der Waals surface area contributed by atoms with Gasteiger partial charge < -0.3 is 45.1 Å². The Morgan fingerprint density at radius 3 is 1.30 bits per heavy atom. The molecule has 0 radical (unpaired) electrons. The fraction of sp³-hybridized carbons (Fsp3) is 0.857. The van der Waals surface area contributed by atoms with Crippen molar-refractivity contribution < 1.29 is 49.3 Å². The van der Waals surface area contributed by atoms with Crippen LogP contribution in [0.25, 0.3) is 0 Å². The summed E-state index contributed by atoms with van der Waals surface area (Å²) in [6.07, 6.45) is 61.6. The van der Waals surface area contributed by atoms with Gasteiger partial charge in [0.05, 0.1) is 25.4 Å². The van der Waals surface area contributed by atoms with Gasteiger partial charge in [-0.05, 0) is 83.5 Å². The fourth-order valence-corrected chi connectivity index (χ4v) is 10.7. The maximum absolute atomic E-state index is 13.5. The van der Waals surface area contributed by atoms with E-state index in [4.69, 9.17) is 14.2 Å². The molecule has 1 aliphatic heterocycles. The van der Waals surface area contributed by atoms with Crippen molar-refractivity contribution in [2.45, 2.75) is 372 Å². The van der Waals surface area contributed by atoms with Crippen LogP contribution >= 0.6 is 0 Å². The zero-order chi connectivity index (χ0) is 58.9. The summed E-state index contributed by atoms with van der Waals surface area (Å²) in [6.45, 7) is 5.78. The second-order valence-corrected chi connectivity index (χ2v) is 23.9. The summed E-state index contributed by atoms with van der Waals surface area (Å²) in [5, 5.41) is 57.1. The summed E-state index contributed by atoms with van der Waals surface area (Å²) in [5.41, 5.74) is 0. The largest absolute Gasteiger partial charge is 0.454 e. The summed E-state index contributed by atoms with van der Waals surface area (Å²) >= 11 is 0. The molecule has 1 saturated heterocycles. The number of esters is 1. The quantitative estimate of drug-likeness (QED) is 0.0195. The van der Waals surface area contributed by atoms with Crippen LogP contribution in [-0.2, 0) is 23.8 Å². The predicted octanol–water partition coefficient (Wildman–Crippen LogP) is 17.2. The summed E-state index contributed by atoms with van der Waals surface area (Å²) in [7, 11) is 0. The van der Waals surface area contributed by atoms with Crippen LogP contribution in [0, 0.1) is 0 Å². The van der Waals surface area contributed by atoms with Gasteiger partial charge >= 0.3 is 5.97 Å². The van der Waals surface area contributed by atoms with E-state index in [1.54, 1.807) is 6.08 Å². The molecule has 8 unspecified atom stereocenters. The van der Waals surface area contributed by atoms with Crippen LogP contribution in [-0.4, -0.2) is 99.6 Å². The zero-order valence-electron chi connectivity index (χ0n) is 52.7. The first-order chi connectivity index (χ1) is 39.7. The number of hydrogen-bond donors (Lipinski definition) is 6. The van der Waals surface area contributed by atoms with Crippen LogP contribution in [0.15, 0.2) is 48.6 Å². The van der Waals surface area contributed by atoms with Crippen LogP contribution in [0.2, 0.25) is 0 Å². The average Bonchev–Trinajstić information content (AvgIpc) is 3.48. The molecule has 1 amide bonds. The SMILES string of the molecule is CCCCC/C=C\C/C=C\CCCCCCCCCCCCCCCCCCC(O)C(=O)NC(COC1OC(CO)C(O)C(O)C1OC(=O)CCCCC/C=C\CCCCCCCCC)C(O)/C=C/CCCCCCCCCCCC. The van der Waals surface area contributed by atoms with Gasteiger partial charge in [-0.25, -0.2) is 0 Å². The highest BCUT2D eigenvalue weighted by molar-refractivity contribution is 5.80. The third-order valence-electron chi connectivity index (χ3n) is 16.2. The molecule has 0 saturated carbocycles. The minimum atomic E-state index is -1.62. The van der Waals surface area contributed by atoms with Gasteiger partial charge in [0.2, 0.25) is 5.91 Å². The fourth-order valence-electron chi connectivity index (χ4n) is 10.7. The van der Waals surface area contributed by atoms with Crippen LogP contribution in [0.4, 0.5) is 0 Å². The number of hydrogen-bond acceptors (Lipinski definition) is 10. The number of nitrogens with one attached hydrogen (secondary N) is 1. The second kappa shape index (κ2) is 58.0. The molecule has 6 N–H and O–H groups in total. The molecule has 1 heterocycles. The Morgan fingerprint density at radius 1 is 0.481 bits per heavy atom. The first-order valence-corrected chi connectivity index (χ1v) is 34.4. The van der Waals surface area contributed by atoms with Crippen LogP contribution in [0.3, 0.4) is 0 Å². The van der Waals surface area contributed by atoms with Gasteiger partial charge in [-0.2, -0.15) is 0 Å². The standard InChI is InChI=1S/C70H129NO10/c1-4-7-10-13-16-19-22-25-27-28-29-30-31-32-33-34-35-36-37-38-39-42-45-48-51-54-57-63(74)69(78)71-61(62(73)56-53-50-47-44-41-24-21-18-15-12-9-6-3)60-79-70-68(67(77)66(76)64(59-72)80-70)81-65(75)58-55-52-49-46-43-40-26-23-20-17-14-11-8-5-2/h16,19,25,27,40,43,53,56,61-64,66-68,70,72-74,76-77H,4-15,17-18,20-24,26,28-39,41-42,44-52,54-55,57-60H2,1-3H3,(H,71,78)/b19-16-,27-25-,43-40-,56-53+. The van der Waals surface area contributed by atoms with Crippen molar-refractivity contribution in [2.24, 2.45) is 0 Å². The average molecular weight is 1140 g/mol. The summed E-state index contributed by atoms with van der Waals surface area (Å²) in [6, 6.07) is -1.03. The van der Waals surface area contributed by atoms with Crippen molar-refractivity contribution in [1.29, 1.82) is 0 Å². The van der Waals surface area contributed by atoms with Crippen molar-refractivity contribution in [3.8, 4) is 0 Å². The smallest absolute Gasteiger partial charge is 0.306 e. The third kappa shape index (κ3) is 45.6. The van der Waals surface area contributed by atoms with E-state index in [1.165, 1.54) is 205 Å². The Hall–Kier alpha value is -2.38. The van der Waals surface area contributed by atoms with E-state index >= 15 is 0 Å². The van der Waals surface area contributed by atoms with Crippen molar-refractivity contribution in [3.63, 3.8) is 0 Å². The van der Waals surface area contributed by atoms with E-state index in [0.29, 0.717) is 19.3 Å². The number of carbonyl (C=O) groups excluding carboxylic acids is 2. The molecule has 81 heavy (non-hydrogen) atoms. The van der Waals surface area contributed by atoms with Crippen molar-refractivity contribution >= 4 is 11.9 Å². The molecule has 0 aliphatic carbocycles. The van der Waals surface area contributed by atoms with Gasteiger partial charge in [0.15, 0.2) is 12.4 Å². The number of aliphatic hydroxyl groups is 5. The topological polar surface area (TPSA) is 175 Å². The number of aliphatic hydroxyl groups excluding tert-OH is 5. The molecule has 1 fully saturated rings. The van der Waals surface area contributed by atoms with Gasteiger partial charge in [0.25, 0.3) is 0 Å². The molecule has 0 spiro atoms. The van der Waals surface area contributed by atoms with E-state index in [2.05, 4.69) is 62.5 Å². The number of allylic oxidation sites excluding steroid dienone is 7. The van der Waals surface area contributed by atoms with Gasteiger partial charge in [-0.15, -0.1) is 0 Å². The van der Waals surface area contributed by atoms with Crippen molar-refractivity contribution in [2.75, 3.05) is 13.2 Å². The summed E-state index contributed by atoms with van der Waals surface area (Å²) in [4.78, 5) is 26.6. The maximum Gasteiger partial charge on any atom is 0.306 e. The van der Waals surface area contributed by atoms with Gasteiger partial charge in [0.1, 0.15) is 24.4 Å².